The molecule has 1 atom stereocenters. The second kappa shape index (κ2) is 6.01. The zero-order chi connectivity index (χ0) is 14.9. The van der Waals surface area contributed by atoms with Gasteiger partial charge < -0.3 is 5.32 Å². The van der Waals surface area contributed by atoms with Crippen LogP contribution >= 0.6 is 27.5 Å². The molecule has 1 amide bonds. The molecule has 20 heavy (non-hydrogen) atoms. The molecule has 1 aromatic rings. The molecule has 2 N–H and O–H groups in total. The fraction of sp³-hybridized carbons (Fsp3) is 0.417. The molecule has 0 aromatic heterocycles. The Morgan fingerprint density at radius 2 is 2.10 bits per heavy atom. The van der Waals surface area contributed by atoms with Gasteiger partial charge in [0.25, 0.3) is 0 Å². The number of amides is 1. The Morgan fingerprint density at radius 1 is 1.45 bits per heavy atom. The molecule has 0 radical (unpaired) electrons. The molecule has 8 heteroatoms. The zero-order valence-corrected chi connectivity index (χ0v) is 13.8. The van der Waals surface area contributed by atoms with Crippen molar-refractivity contribution in [1.29, 1.82) is 0 Å². The minimum atomic E-state index is -3.83. The van der Waals surface area contributed by atoms with Gasteiger partial charge in [-0.05, 0) is 38.0 Å². The zero-order valence-electron chi connectivity index (χ0n) is 10.7. The number of sulfonamides is 1. The topological polar surface area (TPSA) is 75.3 Å². The van der Waals surface area contributed by atoms with Gasteiger partial charge in [0.2, 0.25) is 15.9 Å². The van der Waals surface area contributed by atoms with Crippen LogP contribution in [0.15, 0.2) is 27.6 Å². The quantitative estimate of drug-likeness (QED) is 0.819. The summed E-state index contributed by atoms with van der Waals surface area (Å²) < 4.78 is 27.4. The van der Waals surface area contributed by atoms with E-state index < -0.39 is 16.1 Å². The predicted molar refractivity (Wildman–Crippen MR) is 80.1 cm³/mol. The third-order valence-electron chi connectivity index (χ3n) is 2.83. The van der Waals surface area contributed by atoms with Crippen molar-refractivity contribution in [2.45, 2.75) is 36.7 Å². The molecule has 1 aromatic carbocycles. The second-order valence-electron chi connectivity index (χ2n) is 4.70. The SMILES string of the molecule is CC(NS(=O)(=O)c1ccc(Br)cc1Cl)C(=O)NC1CC1. The fourth-order valence-corrected chi connectivity index (χ4v) is 3.84. The summed E-state index contributed by atoms with van der Waals surface area (Å²) in [6.45, 7) is 1.50. The molecule has 0 saturated heterocycles. The van der Waals surface area contributed by atoms with E-state index in [-0.39, 0.29) is 21.9 Å². The summed E-state index contributed by atoms with van der Waals surface area (Å²) in [5.41, 5.74) is 0. The number of carbonyl (C=O) groups excluding carboxylic acids is 1. The van der Waals surface area contributed by atoms with Gasteiger partial charge in [-0.1, -0.05) is 27.5 Å². The van der Waals surface area contributed by atoms with Gasteiger partial charge in [-0.3, -0.25) is 4.79 Å². The number of nitrogens with one attached hydrogen (secondary N) is 2. The van der Waals surface area contributed by atoms with Crippen molar-refractivity contribution in [1.82, 2.24) is 10.0 Å². The van der Waals surface area contributed by atoms with Crippen molar-refractivity contribution < 1.29 is 13.2 Å². The number of hydrogen-bond donors (Lipinski definition) is 2. The number of halogens is 2. The van der Waals surface area contributed by atoms with Crippen LogP contribution in [0.5, 0.6) is 0 Å². The lowest BCUT2D eigenvalue weighted by Gasteiger charge is -2.15. The van der Waals surface area contributed by atoms with Crippen LogP contribution < -0.4 is 10.0 Å². The van der Waals surface area contributed by atoms with E-state index in [1.54, 1.807) is 6.07 Å². The average Bonchev–Trinajstić information content (AvgIpc) is 3.11. The van der Waals surface area contributed by atoms with Crippen LogP contribution in [0.4, 0.5) is 0 Å². The van der Waals surface area contributed by atoms with Crippen LogP contribution in [0.25, 0.3) is 0 Å². The second-order valence-corrected chi connectivity index (χ2v) is 7.71. The van der Waals surface area contributed by atoms with Crippen LogP contribution in [0.2, 0.25) is 5.02 Å². The van der Waals surface area contributed by atoms with Gasteiger partial charge in [-0.15, -0.1) is 0 Å². The molecule has 0 spiro atoms. The Labute approximate surface area is 131 Å². The Bertz CT molecular complexity index is 632. The largest absolute Gasteiger partial charge is 0.352 e. The molecule has 110 valence electrons. The van der Waals surface area contributed by atoms with Crippen molar-refractivity contribution in [3.05, 3.63) is 27.7 Å². The van der Waals surface area contributed by atoms with Gasteiger partial charge in [0.15, 0.2) is 0 Å². The first-order chi connectivity index (χ1) is 9.29. The summed E-state index contributed by atoms with van der Waals surface area (Å²) in [6.07, 6.45) is 1.90. The highest BCUT2D eigenvalue weighted by molar-refractivity contribution is 9.10. The van der Waals surface area contributed by atoms with Crippen molar-refractivity contribution in [2.24, 2.45) is 0 Å². The van der Waals surface area contributed by atoms with Crippen LogP contribution in [-0.2, 0) is 14.8 Å². The van der Waals surface area contributed by atoms with Gasteiger partial charge in [0.1, 0.15) is 4.90 Å². The van der Waals surface area contributed by atoms with Crippen LogP contribution in [0.1, 0.15) is 19.8 Å². The summed E-state index contributed by atoms with van der Waals surface area (Å²) in [5.74, 6) is -0.329. The van der Waals surface area contributed by atoms with Crippen molar-refractivity contribution >= 4 is 43.5 Å². The third kappa shape index (κ3) is 3.94. The van der Waals surface area contributed by atoms with Gasteiger partial charge in [-0.2, -0.15) is 4.72 Å². The van der Waals surface area contributed by atoms with E-state index in [1.165, 1.54) is 19.1 Å². The molecule has 5 nitrogen and oxygen atoms in total. The molecule has 0 aliphatic heterocycles. The standard InChI is InChI=1S/C12H14BrClN2O3S/c1-7(12(17)15-9-3-4-9)16-20(18,19)11-5-2-8(13)6-10(11)14/h2,5-7,9,16H,3-4H2,1H3,(H,15,17). The number of benzene rings is 1. The first kappa shape index (κ1) is 15.8. The summed E-state index contributed by atoms with van der Waals surface area (Å²) in [5, 5.41) is 2.84. The van der Waals surface area contributed by atoms with Gasteiger partial charge in [0.05, 0.1) is 11.1 Å². The Hall–Kier alpha value is -0.630. The third-order valence-corrected chi connectivity index (χ3v) is 5.35. The van der Waals surface area contributed by atoms with Crippen LogP contribution in [0.3, 0.4) is 0 Å². The van der Waals surface area contributed by atoms with Crippen molar-refractivity contribution in [3.8, 4) is 0 Å². The molecule has 1 fully saturated rings. The highest BCUT2D eigenvalue weighted by atomic mass is 79.9. The average molecular weight is 382 g/mol. The lowest BCUT2D eigenvalue weighted by Crippen LogP contribution is -2.45. The lowest BCUT2D eigenvalue weighted by atomic mass is 10.3. The number of hydrogen-bond acceptors (Lipinski definition) is 3. The van der Waals surface area contributed by atoms with Crippen LogP contribution in [0, 0.1) is 0 Å². The van der Waals surface area contributed by atoms with Gasteiger partial charge in [-0.25, -0.2) is 8.42 Å². The van der Waals surface area contributed by atoms with E-state index in [9.17, 15) is 13.2 Å². The maximum atomic E-state index is 12.2. The molecule has 1 saturated carbocycles. The van der Waals surface area contributed by atoms with E-state index >= 15 is 0 Å². The fourth-order valence-electron chi connectivity index (χ4n) is 1.60. The monoisotopic (exact) mass is 380 g/mol. The van der Waals surface area contributed by atoms with E-state index in [1.807, 2.05) is 0 Å². The lowest BCUT2D eigenvalue weighted by molar-refractivity contribution is -0.122. The summed E-state index contributed by atoms with van der Waals surface area (Å²) >= 11 is 9.13. The summed E-state index contributed by atoms with van der Waals surface area (Å²) in [4.78, 5) is 11.7. The first-order valence-corrected chi connectivity index (χ1v) is 8.73. The Kier molecular flexibility index (Phi) is 4.73. The van der Waals surface area contributed by atoms with Crippen LogP contribution in [-0.4, -0.2) is 26.4 Å². The Balaban J connectivity index is 2.11. The Morgan fingerprint density at radius 3 is 2.65 bits per heavy atom. The maximum Gasteiger partial charge on any atom is 0.242 e. The molecule has 2 rings (SSSR count). The summed E-state index contributed by atoms with van der Waals surface area (Å²) in [7, 11) is -3.83. The van der Waals surface area contributed by atoms with E-state index in [4.69, 9.17) is 11.6 Å². The van der Waals surface area contributed by atoms with Crippen molar-refractivity contribution in [2.75, 3.05) is 0 Å². The smallest absolute Gasteiger partial charge is 0.242 e. The minimum Gasteiger partial charge on any atom is -0.352 e. The van der Waals surface area contributed by atoms with E-state index in [0.717, 1.165) is 12.8 Å². The van der Waals surface area contributed by atoms with E-state index in [2.05, 4.69) is 26.0 Å². The first-order valence-electron chi connectivity index (χ1n) is 6.07. The van der Waals surface area contributed by atoms with Crippen molar-refractivity contribution in [3.63, 3.8) is 0 Å². The maximum absolute atomic E-state index is 12.2. The van der Waals surface area contributed by atoms with Gasteiger partial charge in [0, 0.05) is 10.5 Å². The predicted octanol–water partition coefficient (Wildman–Crippen LogP) is 2.05. The molecule has 1 aliphatic carbocycles. The summed E-state index contributed by atoms with van der Waals surface area (Å²) in [6, 6.07) is 3.80. The molecule has 1 unspecified atom stereocenters. The normalized spacial score (nSPS) is 16.8. The van der Waals surface area contributed by atoms with E-state index in [0.29, 0.717) is 4.47 Å². The number of rotatable bonds is 5. The number of carbonyl (C=O) groups is 1. The highest BCUT2D eigenvalue weighted by Crippen LogP contribution is 2.25. The molecular weight excluding hydrogens is 368 g/mol. The molecule has 1 aliphatic rings. The molecular formula is C12H14BrClN2O3S. The molecule has 0 bridgehead atoms. The van der Waals surface area contributed by atoms with Gasteiger partial charge >= 0.3 is 0 Å². The highest BCUT2D eigenvalue weighted by Gasteiger charge is 2.28. The minimum absolute atomic E-state index is 0.0477. The molecule has 0 heterocycles.